The molecule has 2 rings (SSSR count). The highest BCUT2D eigenvalue weighted by molar-refractivity contribution is 7.10. The standard InChI is InChI=1S/C9H13NS.ClH/c1-9(10)4-2-8-7(6-9)3-5-11-8;/h3,5H,2,4,6,10H2,1H3;1H. The zero-order valence-corrected chi connectivity index (χ0v) is 8.80. The molecule has 0 amide bonds. The first-order valence-electron chi connectivity index (χ1n) is 4.01. The zero-order valence-electron chi connectivity index (χ0n) is 7.17. The average Bonchev–Trinajstić information content (AvgIpc) is 2.31. The molecular formula is C9H14ClNS. The van der Waals surface area contributed by atoms with E-state index in [0.29, 0.717) is 0 Å². The topological polar surface area (TPSA) is 26.0 Å². The second-order valence-electron chi connectivity index (χ2n) is 3.70. The van der Waals surface area contributed by atoms with Crippen molar-refractivity contribution in [3.8, 4) is 0 Å². The SMILES string of the molecule is CC1(N)CCc2sccc2C1.Cl. The maximum atomic E-state index is 6.06. The van der Waals surface area contributed by atoms with Crippen molar-refractivity contribution in [2.45, 2.75) is 31.7 Å². The van der Waals surface area contributed by atoms with Crippen LogP contribution in [-0.2, 0) is 12.8 Å². The first-order chi connectivity index (χ1) is 5.17. The van der Waals surface area contributed by atoms with Crippen LogP contribution < -0.4 is 5.73 Å². The molecule has 0 aromatic carbocycles. The van der Waals surface area contributed by atoms with E-state index in [-0.39, 0.29) is 17.9 Å². The summed E-state index contributed by atoms with van der Waals surface area (Å²) in [5.41, 5.74) is 7.58. The van der Waals surface area contributed by atoms with E-state index in [2.05, 4.69) is 18.4 Å². The summed E-state index contributed by atoms with van der Waals surface area (Å²) in [6, 6.07) is 2.21. The lowest BCUT2D eigenvalue weighted by molar-refractivity contribution is 0.412. The summed E-state index contributed by atoms with van der Waals surface area (Å²) in [6.07, 6.45) is 3.38. The quantitative estimate of drug-likeness (QED) is 0.689. The first kappa shape index (κ1) is 10.0. The van der Waals surface area contributed by atoms with E-state index in [0.717, 1.165) is 12.8 Å². The Morgan fingerprint density at radius 2 is 2.33 bits per heavy atom. The summed E-state index contributed by atoms with van der Waals surface area (Å²) in [5, 5.41) is 2.17. The maximum Gasteiger partial charge on any atom is 0.0170 e. The molecule has 1 atom stereocenters. The molecule has 3 heteroatoms. The van der Waals surface area contributed by atoms with Crippen molar-refractivity contribution >= 4 is 23.7 Å². The van der Waals surface area contributed by atoms with Crippen LogP contribution in [0.25, 0.3) is 0 Å². The molecule has 1 aliphatic carbocycles. The number of hydrogen-bond donors (Lipinski definition) is 1. The Bertz CT molecular complexity index is 267. The second-order valence-corrected chi connectivity index (χ2v) is 4.70. The van der Waals surface area contributed by atoms with Crippen molar-refractivity contribution in [1.82, 2.24) is 0 Å². The van der Waals surface area contributed by atoms with Crippen molar-refractivity contribution in [3.63, 3.8) is 0 Å². The maximum absolute atomic E-state index is 6.06. The van der Waals surface area contributed by atoms with Crippen molar-refractivity contribution in [2.75, 3.05) is 0 Å². The molecule has 1 unspecified atom stereocenters. The molecule has 0 fully saturated rings. The highest BCUT2D eigenvalue weighted by Gasteiger charge is 2.25. The van der Waals surface area contributed by atoms with Crippen molar-refractivity contribution < 1.29 is 0 Å². The van der Waals surface area contributed by atoms with Gasteiger partial charge in [-0.3, -0.25) is 0 Å². The third kappa shape index (κ3) is 1.82. The van der Waals surface area contributed by atoms with Gasteiger partial charge in [-0.2, -0.15) is 0 Å². The fourth-order valence-electron chi connectivity index (χ4n) is 1.67. The molecule has 1 nitrogen and oxygen atoms in total. The molecule has 0 bridgehead atoms. The minimum Gasteiger partial charge on any atom is -0.325 e. The number of aryl methyl sites for hydroxylation is 1. The van der Waals surface area contributed by atoms with Crippen LogP contribution in [-0.4, -0.2) is 5.54 Å². The number of thiophene rings is 1. The van der Waals surface area contributed by atoms with Crippen molar-refractivity contribution in [1.29, 1.82) is 0 Å². The number of nitrogens with two attached hydrogens (primary N) is 1. The van der Waals surface area contributed by atoms with Crippen LogP contribution in [0, 0.1) is 0 Å². The van der Waals surface area contributed by atoms with Crippen LogP contribution in [0.1, 0.15) is 23.8 Å². The fraction of sp³-hybridized carbons (Fsp3) is 0.556. The summed E-state index contributed by atoms with van der Waals surface area (Å²) in [7, 11) is 0. The smallest absolute Gasteiger partial charge is 0.0170 e. The molecule has 2 N–H and O–H groups in total. The summed E-state index contributed by atoms with van der Waals surface area (Å²) >= 11 is 1.87. The van der Waals surface area contributed by atoms with E-state index in [9.17, 15) is 0 Å². The Morgan fingerprint density at radius 1 is 1.58 bits per heavy atom. The third-order valence-corrected chi connectivity index (χ3v) is 3.38. The van der Waals surface area contributed by atoms with Crippen LogP contribution in [0.15, 0.2) is 11.4 Å². The van der Waals surface area contributed by atoms with E-state index in [1.165, 1.54) is 12.0 Å². The Labute approximate surface area is 83.4 Å². The lowest BCUT2D eigenvalue weighted by atomic mass is 9.84. The average molecular weight is 204 g/mol. The Kier molecular flexibility index (Phi) is 2.81. The largest absolute Gasteiger partial charge is 0.325 e. The minimum atomic E-state index is 0. The summed E-state index contributed by atoms with van der Waals surface area (Å²) in [4.78, 5) is 1.55. The predicted octanol–water partition coefficient (Wildman–Crippen LogP) is 2.38. The molecule has 1 aromatic rings. The van der Waals surface area contributed by atoms with E-state index in [4.69, 9.17) is 5.73 Å². The molecule has 0 saturated carbocycles. The van der Waals surface area contributed by atoms with Gasteiger partial charge in [-0.15, -0.1) is 23.7 Å². The number of halogens is 1. The number of fused-ring (bicyclic) bond motifs is 1. The van der Waals surface area contributed by atoms with Gasteiger partial charge in [0, 0.05) is 10.4 Å². The minimum absolute atomic E-state index is 0. The van der Waals surface area contributed by atoms with Gasteiger partial charge in [0.1, 0.15) is 0 Å². The molecule has 1 aliphatic rings. The summed E-state index contributed by atoms with van der Waals surface area (Å²) in [6.45, 7) is 2.15. The monoisotopic (exact) mass is 203 g/mol. The van der Waals surface area contributed by atoms with E-state index < -0.39 is 0 Å². The van der Waals surface area contributed by atoms with Gasteiger partial charge in [-0.05, 0) is 43.2 Å². The van der Waals surface area contributed by atoms with Crippen molar-refractivity contribution in [3.05, 3.63) is 21.9 Å². The van der Waals surface area contributed by atoms with Gasteiger partial charge in [0.05, 0.1) is 0 Å². The van der Waals surface area contributed by atoms with Crippen LogP contribution in [0.3, 0.4) is 0 Å². The molecule has 0 saturated heterocycles. The lowest BCUT2D eigenvalue weighted by Crippen LogP contribution is -2.41. The number of hydrogen-bond acceptors (Lipinski definition) is 2. The second kappa shape index (κ2) is 3.36. The Balaban J connectivity index is 0.000000720. The van der Waals surface area contributed by atoms with Gasteiger partial charge < -0.3 is 5.73 Å². The van der Waals surface area contributed by atoms with E-state index in [1.54, 1.807) is 4.88 Å². The molecule has 68 valence electrons. The van der Waals surface area contributed by atoms with Gasteiger partial charge >= 0.3 is 0 Å². The van der Waals surface area contributed by atoms with E-state index >= 15 is 0 Å². The number of rotatable bonds is 0. The van der Waals surface area contributed by atoms with Crippen molar-refractivity contribution in [2.24, 2.45) is 5.73 Å². The summed E-state index contributed by atoms with van der Waals surface area (Å²) in [5.74, 6) is 0. The molecule has 1 aromatic heterocycles. The molecule has 0 spiro atoms. The highest BCUT2D eigenvalue weighted by atomic mass is 35.5. The van der Waals surface area contributed by atoms with Gasteiger partial charge in [0.25, 0.3) is 0 Å². The van der Waals surface area contributed by atoms with Gasteiger partial charge in [-0.25, -0.2) is 0 Å². The third-order valence-electron chi connectivity index (χ3n) is 2.36. The molecule has 1 heterocycles. The van der Waals surface area contributed by atoms with Gasteiger partial charge in [0.15, 0.2) is 0 Å². The van der Waals surface area contributed by atoms with Crippen LogP contribution in [0.5, 0.6) is 0 Å². The summed E-state index contributed by atoms with van der Waals surface area (Å²) < 4.78 is 0. The van der Waals surface area contributed by atoms with E-state index in [1.807, 2.05) is 11.3 Å². The highest BCUT2D eigenvalue weighted by Crippen LogP contribution is 2.30. The Morgan fingerprint density at radius 3 is 3.08 bits per heavy atom. The van der Waals surface area contributed by atoms with Crippen LogP contribution >= 0.6 is 23.7 Å². The molecule has 12 heavy (non-hydrogen) atoms. The molecule has 0 aliphatic heterocycles. The molecular weight excluding hydrogens is 190 g/mol. The van der Waals surface area contributed by atoms with Gasteiger partial charge in [-0.1, -0.05) is 0 Å². The van der Waals surface area contributed by atoms with Gasteiger partial charge in [0.2, 0.25) is 0 Å². The first-order valence-corrected chi connectivity index (χ1v) is 4.89. The fourth-order valence-corrected chi connectivity index (χ4v) is 2.57. The van der Waals surface area contributed by atoms with Crippen LogP contribution in [0.4, 0.5) is 0 Å². The molecule has 0 radical (unpaired) electrons. The predicted molar refractivity (Wildman–Crippen MR) is 56.2 cm³/mol. The Hall–Kier alpha value is -0.0500. The zero-order chi connectivity index (χ0) is 7.90. The lowest BCUT2D eigenvalue weighted by Gasteiger charge is -2.29. The normalized spacial score (nSPS) is 27.5. The van der Waals surface area contributed by atoms with Crippen LogP contribution in [0.2, 0.25) is 0 Å².